The van der Waals surface area contributed by atoms with E-state index in [0.29, 0.717) is 30.9 Å². The number of amides is 2. The fourth-order valence-corrected chi connectivity index (χ4v) is 5.88. The maximum Gasteiger partial charge on any atom is 0.326 e. The van der Waals surface area contributed by atoms with Gasteiger partial charge in [-0.2, -0.15) is 10.2 Å². The van der Waals surface area contributed by atoms with E-state index in [9.17, 15) is 23.9 Å². The Morgan fingerprint density at radius 2 is 1.94 bits per heavy atom. The van der Waals surface area contributed by atoms with Gasteiger partial charge in [0, 0.05) is 30.7 Å². The van der Waals surface area contributed by atoms with Crippen LogP contribution in [0.15, 0.2) is 79.3 Å². The average Bonchev–Trinajstić information content (AvgIpc) is 3.79. The molecule has 1 fully saturated rings. The van der Waals surface area contributed by atoms with Crippen LogP contribution in [0.3, 0.4) is 0 Å². The summed E-state index contributed by atoms with van der Waals surface area (Å²) in [4.78, 5) is 39.2. The molecule has 242 valence electrons. The lowest BCUT2D eigenvalue weighted by Crippen LogP contribution is -2.40. The Morgan fingerprint density at radius 3 is 2.72 bits per heavy atom. The molecule has 0 bridgehead atoms. The number of fused-ring (bicyclic) bond motifs is 1. The molecule has 2 amide bonds. The first-order valence-corrected chi connectivity index (χ1v) is 15.3. The van der Waals surface area contributed by atoms with Crippen LogP contribution in [0.5, 0.6) is 5.75 Å². The number of carbonyl (C=O) groups is 3. The number of nitrogens with zero attached hydrogens (tertiary/aromatic N) is 5. The number of carboxylic acids is 1. The zero-order valence-electron chi connectivity index (χ0n) is 25.1. The van der Waals surface area contributed by atoms with E-state index >= 15 is 0 Å². The second-order valence-corrected chi connectivity index (χ2v) is 11.5. The van der Waals surface area contributed by atoms with Gasteiger partial charge in [-0.3, -0.25) is 14.3 Å². The molecule has 6 rings (SSSR count). The number of benzene rings is 3. The third-order valence-corrected chi connectivity index (χ3v) is 8.15. The fraction of sp³-hybridized carbons (Fsp3) is 0.242. The first-order valence-electron chi connectivity index (χ1n) is 14.9. The van der Waals surface area contributed by atoms with Crippen molar-refractivity contribution in [1.29, 1.82) is 0 Å². The predicted molar refractivity (Wildman–Crippen MR) is 172 cm³/mol. The van der Waals surface area contributed by atoms with Crippen molar-refractivity contribution in [3.63, 3.8) is 0 Å². The van der Waals surface area contributed by atoms with Gasteiger partial charge in [-0.1, -0.05) is 35.9 Å². The van der Waals surface area contributed by atoms with Crippen LogP contribution < -0.4 is 15.8 Å². The van der Waals surface area contributed by atoms with Crippen LogP contribution in [-0.4, -0.2) is 79.1 Å². The summed E-state index contributed by atoms with van der Waals surface area (Å²) in [6.45, 7) is 1.12. The molecule has 3 heterocycles. The van der Waals surface area contributed by atoms with E-state index in [1.807, 2.05) is 42.6 Å². The molecule has 1 aliphatic heterocycles. The first kappa shape index (κ1) is 31.7. The summed E-state index contributed by atoms with van der Waals surface area (Å²) < 4.78 is 22.7. The molecule has 0 saturated carbocycles. The summed E-state index contributed by atoms with van der Waals surface area (Å²) in [5, 5.41) is 22.5. The molecule has 1 aliphatic rings. The molecule has 0 aliphatic carbocycles. The number of carbonyl (C=O) groups excluding carboxylic acids is 2. The van der Waals surface area contributed by atoms with E-state index in [0.717, 1.165) is 28.1 Å². The molecule has 0 spiro atoms. The second-order valence-electron chi connectivity index (χ2n) is 11.1. The van der Waals surface area contributed by atoms with Gasteiger partial charge in [0.05, 0.1) is 34.5 Å². The summed E-state index contributed by atoms with van der Waals surface area (Å²) in [7, 11) is 0. The molecule has 2 atom stereocenters. The van der Waals surface area contributed by atoms with E-state index in [4.69, 9.17) is 22.1 Å². The number of hydrogen-bond donors (Lipinski definition) is 3. The number of ether oxygens (including phenoxy) is 1. The number of halogens is 2. The largest absolute Gasteiger partial charge is 0.488 e. The van der Waals surface area contributed by atoms with E-state index < -0.39 is 29.8 Å². The fourth-order valence-electron chi connectivity index (χ4n) is 5.63. The highest BCUT2D eigenvalue weighted by molar-refractivity contribution is 6.32. The van der Waals surface area contributed by atoms with Gasteiger partial charge in [-0.15, -0.1) is 0 Å². The van der Waals surface area contributed by atoms with Crippen molar-refractivity contribution >= 4 is 40.3 Å². The van der Waals surface area contributed by atoms with Crippen LogP contribution in [0.1, 0.15) is 23.2 Å². The number of hydrogen-bond acceptors (Lipinski definition) is 7. The molecule has 47 heavy (non-hydrogen) atoms. The maximum atomic E-state index is 13.5. The molecule has 12 nitrogen and oxygen atoms in total. The Kier molecular flexibility index (Phi) is 9.18. The maximum absolute atomic E-state index is 13.5. The highest BCUT2D eigenvalue weighted by Gasteiger charge is 2.41. The topological polar surface area (TPSA) is 158 Å². The molecule has 3 aromatic carbocycles. The molecule has 0 unspecified atom stereocenters. The van der Waals surface area contributed by atoms with Crippen molar-refractivity contribution in [3.05, 3.63) is 95.7 Å². The van der Waals surface area contributed by atoms with Gasteiger partial charge in [-0.25, -0.2) is 13.9 Å². The monoisotopic (exact) mass is 659 g/mol. The zero-order valence-corrected chi connectivity index (χ0v) is 25.8. The van der Waals surface area contributed by atoms with E-state index in [2.05, 4.69) is 15.5 Å². The van der Waals surface area contributed by atoms with Gasteiger partial charge in [0.25, 0.3) is 5.91 Å². The summed E-state index contributed by atoms with van der Waals surface area (Å²) in [6, 6.07) is 15.8. The van der Waals surface area contributed by atoms with Gasteiger partial charge >= 0.3 is 5.97 Å². The number of rotatable bonds is 11. The van der Waals surface area contributed by atoms with E-state index in [1.54, 1.807) is 10.7 Å². The van der Waals surface area contributed by atoms with Gasteiger partial charge in [0.2, 0.25) is 5.91 Å². The lowest BCUT2D eigenvalue weighted by Gasteiger charge is -2.20. The standard InChI is InChI=1S/C33H31ClFN7O5/c34-27-13-22(35)8-9-29(27)42-16-21(15-38-42)32(44)41-17-24(14-30(41)33(45)46)47-23-5-1-4-20(12-23)25-6-2-7-28-26(25)18-40(39-28)19-31(43)37-11-3-10-36/h1-2,4-9,12-13,15-16,18,24,30H,3,10-11,14,17,19,36H2,(H,37,43)(H,45,46)/t24-,30-/m0/s1. The van der Waals surface area contributed by atoms with Crippen molar-refractivity contribution in [3.8, 4) is 22.6 Å². The van der Waals surface area contributed by atoms with Crippen LogP contribution in [0, 0.1) is 5.82 Å². The molecular formula is C33H31ClFN7O5. The highest BCUT2D eigenvalue weighted by Crippen LogP contribution is 2.32. The van der Waals surface area contributed by atoms with E-state index in [-0.39, 0.29) is 36.0 Å². The zero-order chi connectivity index (χ0) is 33.1. The van der Waals surface area contributed by atoms with Crippen LogP contribution >= 0.6 is 11.6 Å². The number of nitrogens with two attached hydrogens (primary N) is 1. The smallest absolute Gasteiger partial charge is 0.326 e. The lowest BCUT2D eigenvalue weighted by atomic mass is 10.0. The Bertz CT molecular complexity index is 1960. The van der Waals surface area contributed by atoms with E-state index in [1.165, 1.54) is 34.1 Å². The van der Waals surface area contributed by atoms with Gasteiger partial charge in [-0.05, 0) is 60.5 Å². The van der Waals surface area contributed by atoms with Crippen LogP contribution in [0.4, 0.5) is 4.39 Å². The molecule has 1 saturated heterocycles. The lowest BCUT2D eigenvalue weighted by molar-refractivity contribution is -0.141. The van der Waals surface area contributed by atoms with Gasteiger partial charge in [0.15, 0.2) is 0 Å². The van der Waals surface area contributed by atoms with Crippen molar-refractivity contribution in [2.45, 2.75) is 31.5 Å². The van der Waals surface area contributed by atoms with Crippen LogP contribution in [0.2, 0.25) is 5.02 Å². The number of aromatic nitrogens is 4. The van der Waals surface area contributed by atoms with Crippen molar-refractivity contribution in [2.24, 2.45) is 5.73 Å². The minimum absolute atomic E-state index is 0.0399. The third kappa shape index (κ3) is 6.95. The second kappa shape index (κ2) is 13.6. The molecular weight excluding hydrogens is 629 g/mol. The van der Waals surface area contributed by atoms with Crippen molar-refractivity contribution in [2.75, 3.05) is 19.6 Å². The first-order chi connectivity index (χ1) is 22.7. The number of likely N-dealkylation sites (tertiary alicyclic amines) is 1. The van der Waals surface area contributed by atoms with Gasteiger partial charge < -0.3 is 25.8 Å². The quantitative estimate of drug-likeness (QED) is 0.180. The number of nitrogens with one attached hydrogen (secondary N) is 1. The minimum Gasteiger partial charge on any atom is -0.488 e. The molecule has 4 N–H and O–H groups in total. The summed E-state index contributed by atoms with van der Waals surface area (Å²) in [5.74, 6) is -1.84. The third-order valence-electron chi connectivity index (χ3n) is 7.85. The Balaban J connectivity index is 1.17. The molecule has 2 aromatic heterocycles. The Labute approximate surface area is 273 Å². The number of aliphatic carboxylic acids is 1. The molecule has 5 aromatic rings. The SMILES string of the molecule is NCCCNC(=O)Cn1cc2c(-c3cccc(O[C@H]4C[C@@H](C(=O)O)N(C(=O)c5cnn(-c6ccc(F)cc6Cl)c5)C4)c3)cccc2n1. The van der Waals surface area contributed by atoms with Gasteiger partial charge in [0.1, 0.15) is 30.3 Å². The van der Waals surface area contributed by atoms with Crippen LogP contribution in [-0.2, 0) is 16.1 Å². The summed E-state index contributed by atoms with van der Waals surface area (Å²) in [5.41, 5.74) is 8.47. The average molecular weight is 660 g/mol. The predicted octanol–water partition coefficient (Wildman–Crippen LogP) is 3.89. The number of carboxylic acid groups (broad SMARTS) is 1. The normalized spacial score (nSPS) is 16.0. The van der Waals surface area contributed by atoms with Crippen molar-refractivity contribution in [1.82, 2.24) is 29.8 Å². The Morgan fingerprint density at radius 1 is 1.11 bits per heavy atom. The van der Waals surface area contributed by atoms with Crippen LogP contribution in [0.25, 0.3) is 27.7 Å². The highest BCUT2D eigenvalue weighted by atomic mass is 35.5. The van der Waals surface area contributed by atoms with Crippen molar-refractivity contribution < 1.29 is 28.6 Å². The molecule has 0 radical (unpaired) electrons. The summed E-state index contributed by atoms with van der Waals surface area (Å²) >= 11 is 6.15. The minimum atomic E-state index is -1.15. The molecule has 14 heteroatoms. The summed E-state index contributed by atoms with van der Waals surface area (Å²) in [6.07, 6.45) is 4.75. The Hall–Kier alpha value is -5.27.